The minimum absolute atomic E-state index is 0.523. The van der Waals surface area contributed by atoms with Crippen molar-refractivity contribution in [2.75, 3.05) is 4.90 Å². The molecule has 15 aromatic rings. The Kier molecular flexibility index (Phi) is 10.6. The first-order valence-corrected chi connectivity index (χ1v) is 30.0. The van der Waals surface area contributed by atoms with Gasteiger partial charge >= 0.3 is 0 Å². The Bertz CT molecular complexity index is 5170. The number of rotatable bonds is 8. The number of hydrogen-bond donors (Lipinski definition) is 0. The third-order valence-electron chi connectivity index (χ3n) is 19.3. The third-order valence-corrected chi connectivity index (χ3v) is 19.3. The van der Waals surface area contributed by atoms with E-state index >= 15 is 0 Å². The van der Waals surface area contributed by atoms with Crippen LogP contribution < -0.4 is 4.90 Å². The van der Waals surface area contributed by atoms with Gasteiger partial charge < -0.3 is 9.47 Å². The van der Waals surface area contributed by atoms with Crippen molar-refractivity contribution in [2.45, 2.75) is 10.8 Å². The van der Waals surface area contributed by atoms with Gasteiger partial charge in [0.1, 0.15) is 0 Å². The summed E-state index contributed by atoms with van der Waals surface area (Å²) < 4.78 is 2.52. The minimum Gasteiger partial charge on any atom is -0.310 e. The lowest BCUT2D eigenvalue weighted by Crippen LogP contribution is -2.33. The van der Waals surface area contributed by atoms with Crippen LogP contribution in [0, 0.1) is 0 Å². The second-order valence-electron chi connectivity index (χ2n) is 23.5. The van der Waals surface area contributed by atoms with Crippen LogP contribution in [0.25, 0.3) is 93.9 Å². The number of anilines is 3. The Morgan fingerprint density at radius 2 is 0.686 bits per heavy atom. The van der Waals surface area contributed by atoms with Crippen molar-refractivity contribution in [2.24, 2.45) is 0 Å². The molecular formula is C84H54N2. The highest BCUT2D eigenvalue weighted by Crippen LogP contribution is 2.62. The third kappa shape index (κ3) is 6.84. The molecule has 2 aliphatic carbocycles. The molecule has 0 bridgehead atoms. The van der Waals surface area contributed by atoms with Crippen LogP contribution in [0.2, 0.25) is 0 Å². The maximum atomic E-state index is 2.52. The van der Waals surface area contributed by atoms with E-state index in [1.165, 1.54) is 138 Å². The average molecular weight is 1090 g/mol. The van der Waals surface area contributed by atoms with Crippen LogP contribution in [0.3, 0.4) is 0 Å². The molecule has 1 spiro atoms. The van der Waals surface area contributed by atoms with Gasteiger partial charge in [0.2, 0.25) is 0 Å². The van der Waals surface area contributed by atoms with Crippen LogP contribution >= 0.6 is 0 Å². The van der Waals surface area contributed by atoms with Gasteiger partial charge in [0.15, 0.2) is 0 Å². The Hall–Kier alpha value is -11.1. The maximum absolute atomic E-state index is 2.52. The fourth-order valence-corrected chi connectivity index (χ4v) is 15.6. The van der Waals surface area contributed by atoms with Crippen molar-refractivity contribution in [1.82, 2.24) is 4.57 Å². The minimum atomic E-state index is -0.542. The predicted octanol–water partition coefficient (Wildman–Crippen LogP) is 21.4. The summed E-state index contributed by atoms with van der Waals surface area (Å²) in [5.74, 6) is 0. The van der Waals surface area contributed by atoms with Gasteiger partial charge in [-0.25, -0.2) is 0 Å². The summed E-state index contributed by atoms with van der Waals surface area (Å²) in [7, 11) is 0. The Labute approximate surface area is 500 Å². The van der Waals surface area contributed by atoms with Crippen molar-refractivity contribution in [3.8, 4) is 61.3 Å². The monoisotopic (exact) mass is 1090 g/mol. The van der Waals surface area contributed by atoms with Crippen molar-refractivity contribution in [3.63, 3.8) is 0 Å². The highest BCUT2D eigenvalue weighted by Gasteiger charge is 2.51. The van der Waals surface area contributed by atoms with Crippen molar-refractivity contribution in [3.05, 3.63) is 372 Å². The van der Waals surface area contributed by atoms with Crippen LogP contribution in [0.15, 0.2) is 328 Å². The van der Waals surface area contributed by atoms with Gasteiger partial charge in [-0.3, -0.25) is 0 Å². The zero-order valence-electron chi connectivity index (χ0n) is 47.1. The number of benzene rings is 14. The smallest absolute Gasteiger partial charge is 0.0754 e. The van der Waals surface area contributed by atoms with E-state index in [9.17, 15) is 0 Å². The van der Waals surface area contributed by atoms with E-state index in [1.807, 2.05) is 0 Å². The molecule has 1 aromatic heterocycles. The van der Waals surface area contributed by atoms with Crippen LogP contribution in [0.4, 0.5) is 17.1 Å². The summed E-state index contributed by atoms with van der Waals surface area (Å²) in [5.41, 5.74) is 28.6. The summed E-state index contributed by atoms with van der Waals surface area (Å²) in [6.45, 7) is 0. The predicted molar refractivity (Wildman–Crippen MR) is 357 cm³/mol. The molecule has 14 aromatic carbocycles. The molecule has 2 heterocycles. The molecule has 18 rings (SSSR count). The lowest BCUT2D eigenvalue weighted by Gasteiger charge is -2.39. The first-order valence-electron chi connectivity index (χ1n) is 30.0. The molecule has 1 unspecified atom stereocenters. The van der Waals surface area contributed by atoms with Crippen molar-refractivity contribution >= 4 is 49.6 Å². The van der Waals surface area contributed by atoms with Gasteiger partial charge in [-0.1, -0.05) is 267 Å². The van der Waals surface area contributed by atoms with E-state index in [-0.39, 0.29) is 0 Å². The average Bonchev–Trinajstić information content (AvgIpc) is 1.49. The molecular weight excluding hydrogens is 1040 g/mol. The van der Waals surface area contributed by atoms with Crippen LogP contribution in [-0.4, -0.2) is 4.57 Å². The molecule has 0 amide bonds. The van der Waals surface area contributed by atoms with Crippen molar-refractivity contribution in [1.29, 1.82) is 0 Å². The van der Waals surface area contributed by atoms with Crippen LogP contribution in [0.1, 0.15) is 44.5 Å². The van der Waals surface area contributed by atoms with Gasteiger partial charge in [0.05, 0.1) is 27.6 Å². The molecule has 2 heteroatoms. The summed E-state index contributed by atoms with van der Waals surface area (Å²) in [6.07, 6.45) is 0. The van der Waals surface area contributed by atoms with Gasteiger partial charge in [-0.15, -0.1) is 0 Å². The summed E-state index contributed by atoms with van der Waals surface area (Å²) in [5, 5.41) is 4.93. The second-order valence-corrected chi connectivity index (χ2v) is 23.5. The van der Waals surface area contributed by atoms with E-state index < -0.39 is 10.8 Å². The molecule has 400 valence electrons. The summed E-state index contributed by atoms with van der Waals surface area (Å²) in [4.78, 5) is 2.46. The highest BCUT2D eigenvalue weighted by molar-refractivity contribution is 6.13. The number of para-hydroxylation sites is 3. The van der Waals surface area contributed by atoms with Crippen LogP contribution in [0.5, 0.6) is 0 Å². The second kappa shape index (κ2) is 18.7. The fraction of sp³-hybridized carbons (Fsp3) is 0.0238. The topological polar surface area (TPSA) is 8.17 Å². The standard InChI is InChI=1S/C84H54N2/c1-4-19-55(20-5-1)56-35-37-57(38-36-56)58-41-45-65(46-42-58)85(67-48-50-71-68-25-10-13-29-74(68)83(79(71)54-67,63-21-6-2-7-22-63)64-23-8-3-9-24-64)66-47-43-60-51-59(39-40-61(60)52-66)62-44-49-70-69-26-11-14-30-75(69)84(78(70)53-62)76-31-15-17-34-81(76)86-80-33-16-12-27-72(80)73-28-18-32-77(84)82(73)86/h1-54H. The molecule has 0 saturated carbocycles. The highest BCUT2D eigenvalue weighted by atomic mass is 15.1. The molecule has 1 aliphatic heterocycles. The number of nitrogens with zero attached hydrogens (tertiary/aromatic N) is 2. The zero-order chi connectivity index (χ0) is 56.5. The molecule has 0 saturated heterocycles. The van der Waals surface area contributed by atoms with Gasteiger partial charge in [0, 0.05) is 27.8 Å². The molecule has 0 N–H and O–H groups in total. The fourth-order valence-electron chi connectivity index (χ4n) is 15.6. The number of aromatic nitrogens is 1. The summed E-state index contributed by atoms with van der Waals surface area (Å²) >= 11 is 0. The van der Waals surface area contributed by atoms with E-state index in [1.54, 1.807) is 0 Å². The molecule has 2 nitrogen and oxygen atoms in total. The quantitative estimate of drug-likeness (QED) is 0.147. The van der Waals surface area contributed by atoms with E-state index in [0.717, 1.165) is 17.1 Å². The van der Waals surface area contributed by atoms with Gasteiger partial charge in [0.25, 0.3) is 0 Å². The molecule has 0 fully saturated rings. The van der Waals surface area contributed by atoms with E-state index in [0.29, 0.717) is 0 Å². The van der Waals surface area contributed by atoms with E-state index in [4.69, 9.17) is 0 Å². The number of hydrogen-bond acceptors (Lipinski definition) is 1. The normalized spacial score (nSPS) is 14.7. The van der Waals surface area contributed by atoms with Crippen molar-refractivity contribution < 1.29 is 0 Å². The Morgan fingerprint density at radius 1 is 0.244 bits per heavy atom. The van der Waals surface area contributed by atoms with Gasteiger partial charge in [-0.05, 0) is 172 Å². The maximum Gasteiger partial charge on any atom is 0.0754 e. The Balaban J connectivity index is 0.783. The lowest BCUT2D eigenvalue weighted by molar-refractivity contribution is 0.749. The largest absolute Gasteiger partial charge is 0.310 e. The van der Waals surface area contributed by atoms with Crippen LogP contribution in [-0.2, 0) is 10.8 Å². The molecule has 86 heavy (non-hydrogen) atoms. The zero-order valence-corrected chi connectivity index (χ0v) is 47.1. The Morgan fingerprint density at radius 3 is 1.40 bits per heavy atom. The molecule has 3 aliphatic rings. The lowest BCUT2D eigenvalue weighted by atomic mass is 9.65. The van der Waals surface area contributed by atoms with Gasteiger partial charge in [-0.2, -0.15) is 0 Å². The number of fused-ring (bicyclic) bond motifs is 16. The molecule has 0 radical (unpaired) electrons. The van der Waals surface area contributed by atoms with E-state index in [2.05, 4.69) is 337 Å². The first kappa shape index (κ1) is 48.5. The SMILES string of the molecule is c1ccc(-c2ccc(-c3ccc(N(c4ccc5c(c4)C(c4ccccc4)(c4ccccc4)c4ccccc4-5)c4ccc5cc(-c6ccc7c(c6)C6(c8ccccc8-7)c7ccccc7-n7c8ccccc8c8cccc6c87)ccc5c4)cc3)cc2)cc1. The molecule has 1 atom stereocenters. The summed E-state index contributed by atoms with van der Waals surface area (Å²) in [6, 6.07) is 123. The first-order chi connectivity index (χ1) is 42.6.